The third-order valence-electron chi connectivity index (χ3n) is 5.50. The van der Waals surface area contributed by atoms with Crippen molar-refractivity contribution in [2.24, 2.45) is 0 Å². The Morgan fingerprint density at radius 2 is 1.75 bits per heavy atom. The maximum atomic E-state index is 10.8. The summed E-state index contributed by atoms with van der Waals surface area (Å²) in [5, 5.41) is 11.9. The van der Waals surface area contributed by atoms with Crippen LogP contribution in [0.4, 0.5) is 5.69 Å². The monoisotopic (exact) mass is 381 g/mol. The van der Waals surface area contributed by atoms with Crippen LogP contribution in [0.2, 0.25) is 0 Å². The maximum Gasteiger partial charge on any atom is 0.120 e. The average molecular weight is 381 g/mol. The standard InChI is InChI=1S/C22H27N3O3/c1-27-17-5-3-4-16(12-17)25-10-8-24(9-11-25)15-22(26)20-14-23-21-13-18(28-2)6-7-19(20)21/h3-7,12-14,22-23,26H,8-11,15H2,1-2H3. The van der Waals surface area contributed by atoms with Gasteiger partial charge in [0.25, 0.3) is 0 Å². The second-order valence-electron chi connectivity index (χ2n) is 7.16. The SMILES string of the molecule is COc1cccc(N2CCN(CC(O)c3c[nH]c4cc(OC)ccc34)CC2)c1. The minimum absolute atomic E-state index is 0.523. The van der Waals surface area contributed by atoms with Crippen molar-refractivity contribution in [3.63, 3.8) is 0 Å². The van der Waals surface area contributed by atoms with Gasteiger partial charge in [-0.15, -0.1) is 0 Å². The van der Waals surface area contributed by atoms with E-state index in [1.54, 1.807) is 14.2 Å². The average Bonchev–Trinajstić information content (AvgIpc) is 3.17. The predicted octanol–water partition coefficient (Wildman–Crippen LogP) is 3.04. The van der Waals surface area contributed by atoms with Gasteiger partial charge in [-0.1, -0.05) is 6.07 Å². The molecule has 0 bridgehead atoms. The van der Waals surface area contributed by atoms with Crippen LogP contribution in [0.1, 0.15) is 11.7 Å². The van der Waals surface area contributed by atoms with Crippen LogP contribution in [0.3, 0.4) is 0 Å². The molecule has 1 atom stereocenters. The minimum atomic E-state index is -0.523. The van der Waals surface area contributed by atoms with Crippen molar-refractivity contribution in [1.29, 1.82) is 0 Å². The number of piperazine rings is 1. The molecule has 1 aliphatic heterocycles. The Kier molecular flexibility index (Phi) is 5.41. The number of H-pyrrole nitrogens is 1. The normalized spacial score (nSPS) is 16.3. The molecule has 1 aliphatic rings. The van der Waals surface area contributed by atoms with Gasteiger partial charge >= 0.3 is 0 Å². The van der Waals surface area contributed by atoms with Crippen LogP contribution in [0.5, 0.6) is 11.5 Å². The number of aliphatic hydroxyl groups is 1. The molecule has 28 heavy (non-hydrogen) atoms. The molecular weight excluding hydrogens is 354 g/mol. The first-order chi connectivity index (χ1) is 13.7. The highest BCUT2D eigenvalue weighted by Gasteiger charge is 2.22. The molecule has 0 spiro atoms. The lowest BCUT2D eigenvalue weighted by Crippen LogP contribution is -2.47. The number of nitrogens with zero attached hydrogens (tertiary/aromatic N) is 2. The summed E-state index contributed by atoms with van der Waals surface area (Å²) in [5.41, 5.74) is 3.11. The summed E-state index contributed by atoms with van der Waals surface area (Å²) in [4.78, 5) is 7.93. The van der Waals surface area contributed by atoms with Gasteiger partial charge in [-0.3, -0.25) is 4.90 Å². The summed E-state index contributed by atoms with van der Waals surface area (Å²) in [5.74, 6) is 1.69. The van der Waals surface area contributed by atoms with Crippen molar-refractivity contribution >= 4 is 16.6 Å². The Morgan fingerprint density at radius 3 is 2.50 bits per heavy atom. The summed E-state index contributed by atoms with van der Waals surface area (Å²) in [6, 6.07) is 14.1. The lowest BCUT2D eigenvalue weighted by molar-refractivity contribution is 0.110. The Morgan fingerprint density at radius 1 is 1.00 bits per heavy atom. The number of aromatic nitrogens is 1. The van der Waals surface area contributed by atoms with Crippen molar-refractivity contribution < 1.29 is 14.6 Å². The van der Waals surface area contributed by atoms with Gasteiger partial charge in [-0.25, -0.2) is 0 Å². The molecule has 6 heteroatoms. The van der Waals surface area contributed by atoms with Crippen molar-refractivity contribution in [3.8, 4) is 11.5 Å². The number of hydrogen-bond acceptors (Lipinski definition) is 5. The third kappa shape index (κ3) is 3.79. The Bertz CT molecular complexity index is 932. The van der Waals surface area contributed by atoms with E-state index in [2.05, 4.69) is 26.9 Å². The molecule has 1 aromatic heterocycles. The Balaban J connectivity index is 1.38. The molecule has 0 amide bonds. The van der Waals surface area contributed by atoms with E-state index < -0.39 is 6.10 Å². The lowest BCUT2D eigenvalue weighted by Gasteiger charge is -2.37. The van der Waals surface area contributed by atoms with E-state index >= 15 is 0 Å². The highest BCUT2D eigenvalue weighted by Crippen LogP contribution is 2.28. The summed E-state index contributed by atoms with van der Waals surface area (Å²) in [7, 11) is 3.35. The zero-order chi connectivity index (χ0) is 19.5. The molecule has 1 fully saturated rings. The van der Waals surface area contributed by atoms with Gasteiger partial charge in [-0.05, 0) is 24.3 Å². The number of ether oxygens (including phenoxy) is 2. The molecule has 1 unspecified atom stereocenters. The molecule has 2 N–H and O–H groups in total. The molecule has 148 valence electrons. The van der Waals surface area contributed by atoms with Crippen molar-refractivity contribution in [3.05, 3.63) is 54.2 Å². The van der Waals surface area contributed by atoms with E-state index in [1.807, 2.05) is 36.5 Å². The van der Waals surface area contributed by atoms with Crippen LogP contribution in [0, 0.1) is 0 Å². The van der Waals surface area contributed by atoms with Gasteiger partial charge in [0.05, 0.1) is 20.3 Å². The van der Waals surface area contributed by atoms with Crippen LogP contribution >= 0.6 is 0 Å². The quantitative estimate of drug-likeness (QED) is 0.687. The van der Waals surface area contributed by atoms with Crippen LogP contribution < -0.4 is 14.4 Å². The van der Waals surface area contributed by atoms with Gasteiger partial charge in [0, 0.05) is 73.2 Å². The van der Waals surface area contributed by atoms with Gasteiger partial charge < -0.3 is 24.5 Å². The molecule has 1 saturated heterocycles. The topological polar surface area (TPSA) is 61.0 Å². The number of aliphatic hydroxyl groups excluding tert-OH is 1. The molecule has 0 saturated carbocycles. The highest BCUT2D eigenvalue weighted by molar-refractivity contribution is 5.84. The number of fused-ring (bicyclic) bond motifs is 1. The van der Waals surface area contributed by atoms with Gasteiger partial charge in [0.2, 0.25) is 0 Å². The Labute approximate surface area is 165 Å². The van der Waals surface area contributed by atoms with Gasteiger partial charge in [0.1, 0.15) is 11.5 Å². The number of rotatable bonds is 6. The fraction of sp³-hybridized carbons (Fsp3) is 0.364. The zero-order valence-electron chi connectivity index (χ0n) is 16.4. The summed E-state index contributed by atoms with van der Waals surface area (Å²) < 4.78 is 10.6. The number of aromatic amines is 1. The number of methoxy groups -OCH3 is 2. The van der Waals surface area contributed by atoms with E-state index in [0.717, 1.165) is 54.1 Å². The van der Waals surface area contributed by atoms with Crippen LogP contribution in [0.25, 0.3) is 10.9 Å². The van der Waals surface area contributed by atoms with Crippen LogP contribution in [-0.4, -0.2) is 61.9 Å². The van der Waals surface area contributed by atoms with Crippen molar-refractivity contribution in [2.45, 2.75) is 6.10 Å². The van der Waals surface area contributed by atoms with E-state index in [9.17, 15) is 5.11 Å². The smallest absolute Gasteiger partial charge is 0.120 e. The second-order valence-corrected chi connectivity index (χ2v) is 7.16. The van der Waals surface area contributed by atoms with Crippen LogP contribution in [0.15, 0.2) is 48.7 Å². The molecule has 0 aliphatic carbocycles. The van der Waals surface area contributed by atoms with E-state index in [-0.39, 0.29) is 0 Å². The highest BCUT2D eigenvalue weighted by atomic mass is 16.5. The largest absolute Gasteiger partial charge is 0.497 e. The summed E-state index contributed by atoms with van der Waals surface area (Å²) >= 11 is 0. The minimum Gasteiger partial charge on any atom is -0.497 e. The number of nitrogens with one attached hydrogen (secondary N) is 1. The summed E-state index contributed by atoms with van der Waals surface area (Å²) in [6.45, 7) is 4.34. The molecular formula is C22H27N3O3. The first kappa shape index (κ1) is 18.7. The predicted molar refractivity (Wildman–Crippen MR) is 111 cm³/mol. The molecule has 0 radical (unpaired) electrons. The van der Waals surface area contributed by atoms with E-state index in [4.69, 9.17) is 9.47 Å². The first-order valence-corrected chi connectivity index (χ1v) is 9.62. The second kappa shape index (κ2) is 8.12. The fourth-order valence-corrected chi connectivity index (χ4v) is 3.87. The maximum absolute atomic E-state index is 10.8. The third-order valence-corrected chi connectivity index (χ3v) is 5.50. The van der Waals surface area contributed by atoms with Gasteiger partial charge in [0.15, 0.2) is 0 Å². The molecule has 2 aromatic carbocycles. The molecule has 3 aromatic rings. The van der Waals surface area contributed by atoms with Crippen molar-refractivity contribution in [2.75, 3.05) is 51.8 Å². The van der Waals surface area contributed by atoms with Crippen molar-refractivity contribution in [1.82, 2.24) is 9.88 Å². The number of β-amino-alcohol motifs (C(OH)–C–C–N with tert-alkyl or cyclic N) is 1. The molecule has 6 nitrogen and oxygen atoms in total. The number of hydrogen-bond donors (Lipinski definition) is 2. The summed E-state index contributed by atoms with van der Waals surface area (Å²) in [6.07, 6.45) is 1.38. The zero-order valence-corrected chi connectivity index (χ0v) is 16.4. The van der Waals surface area contributed by atoms with E-state index in [1.165, 1.54) is 5.69 Å². The van der Waals surface area contributed by atoms with Crippen LogP contribution in [-0.2, 0) is 0 Å². The fourth-order valence-electron chi connectivity index (χ4n) is 3.87. The Hall–Kier alpha value is -2.70. The molecule has 4 rings (SSSR count). The first-order valence-electron chi connectivity index (χ1n) is 9.62. The van der Waals surface area contributed by atoms with E-state index in [0.29, 0.717) is 6.54 Å². The number of anilines is 1. The molecule has 2 heterocycles. The number of benzene rings is 2. The lowest BCUT2D eigenvalue weighted by atomic mass is 10.1. The van der Waals surface area contributed by atoms with Gasteiger partial charge in [-0.2, -0.15) is 0 Å².